The van der Waals surface area contributed by atoms with Crippen molar-refractivity contribution in [3.8, 4) is 5.75 Å². The molecule has 23 heavy (non-hydrogen) atoms. The van der Waals surface area contributed by atoms with Crippen molar-refractivity contribution in [3.05, 3.63) is 59.4 Å². The zero-order valence-corrected chi connectivity index (χ0v) is 14.2. The number of nitrogens with two attached hydrogens (primary N) is 1. The molecule has 0 aliphatic heterocycles. The zero-order valence-electron chi connectivity index (χ0n) is 13.4. The number of aryl methyl sites for hydroxylation is 1. The van der Waals surface area contributed by atoms with Crippen LogP contribution in [0, 0.1) is 6.92 Å². The highest BCUT2D eigenvalue weighted by molar-refractivity contribution is 5.94. The number of carbonyl (C=O) groups is 1. The van der Waals surface area contributed by atoms with E-state index < -0.39 is 0 Å². The summed E-state index contributed by atoms with van der Waals surface area (Å²) in [5.41, 5.74) is 7.92. The molecule has 1 aromatic heterocycles. The summed E-state index contributed by atoms with van der Waals surface area (Å²) < 4.78 is 5.71. The summed E-state index contributed by atoms with van der Waals surface area (Å²) in [7, 11) is 1.76. The van der Waals surface area contributed by atoms with Crippen LogP contribution in [0.4, 0.5) is 0 Å². The van der Waals surface area contributed by atoms with E-state index in [0.717, 1.165) is 11.3 Å². The Kier molecular flexibility index (Phi) is 7.51. The van der Waals surface area contributed by atoms with E-state index >= 15 is 0 Å². The van der Waals surface area contributed by atoms with Gasteiger partial charge in [-0.05, 0) is 30.7 Å². The molecule has 5 nitrogen and oxygen atoms in total. The molecular formula is C17H22ClN3O2. The summed E-state index contributed by atoms with van der Waals surface area (Å²) in [5, 5.41) is 0. The van der Waals surface area contributed by atoms with Crippen LogP contribution in [0.2, 0.25) is 0 Å². The van der Waals surface area contributed by atoms with Gasteiger partial charge in [-0.2, -0.15) is 0 Å². The minimum Gasteiger partial charge on any atom is -0.491 e. The van der Waals surface area contributed by atoms with E-state index in [1.165, 1.54) is 0 Å². The van der Waals surface area contributed by atoms with Crippen molar-refractivity contribution in [1.82, 2.24) is 9.88 Å². The highest BCUT2D eigenvalue weighted by Gasteiger charge is 2.12. The molecule has 0 fully saturated rings. The van der Waals surface area contributed by atoms with Crippen molar-refractivity contribution >= 4 is 18.3 Å². The molecule has 0 bridgehead atoms. The van der Waals surface area contributed by atoms with Crippen molar-refractivity contribution in [1.29, 1.82) is 0 Å². The molecule has 1 aromatic carbocycles. The fourth-order valence-electron chi connectivity index (χ4n) is 2.06. The molecule has 0 atom stereocenters. The number of benzene rings is 1. The lowest BCUT2D eigenvalue weighted by molar-refractivity contribution is 0.0773. The lowest BCUT2D eigenvalue weighted by atomic mass is 10.2. The van der Waals surface area contributed by atoms with Gasteiger partial charge in [-0.25, -0.2) is 0 Å². The van der Waals surface area contributed by atoms with Gasteiger partial charge in [0.2, 0.25) is 0 Å². The molecule has 0 radical (unpaired) electrons. The van der Waals surface area contributed by atoms with Crippen molar-refractivity contribution < 1.29 is 9.53 Å². The molecule has 0 unspecified atom stereocenters. The Morgan fingerprint density at radius 3 is 2.74 bits per heavy atom. The lowest BCUT2D eigenvalue weighted by Crippen LogP contribution is -2.31. The van der Waals surface area contributed by atoms with Crippen LogP contribution in [0.5, 0.6) is 5.75 Å². The minimum absolute atomic E-state index is 0. The van der Waals surface area contributed by atoms with Crippen LogP contribution in [0.1, 0.15) is 21.6 Å². The van der Waals surface area contributed by atoms with Gasteiger partial charge in [-0.15, -0.1) is 12.4 Å². The molecule has 2 N–H and O–H groups in total. The summed E-state index contributed by atoms with van der Waals surface area (Å²) in [4.78, 5) is 18.0. The Morgan fingerprint density at radius 1 is 1.30 bits per heavy atom. The standard InChI is InChI=1S/C17H21N3O2.ClH/c1-13-5-3-4-6-16(13)22-10-9-20(2)17(21)14-7-8-19-15(11-14)12-18;/h3-8,11H,9-10,12,18H2,1-2H3;1H. The molecule has 0 saturated heterocycles. The highest BCUT2D eigenvalue weighted by atomic mass is 35.5. The SMILES string of the molecule is Cc1ccccc1OCCN(C)C(=O)c1ccnc(CN)c1.Cl. The number of amides is 1. The summed E-state index contributed by atoms with van der Waals surface area (Å²) in [6.45, 7) is 3.27. The molecule has 2 rings (SSSR count). The fourth-order valence-corrected chi connectivity index (χ4v) is 2.06. The molecule has 124 valence electrons. The first-order chi connectivity index (χ1) is 10.6. The van der Waals surface area contributed by atoms with E-state index in [4.69, 9.17) is 10.5 Å². The van der Waals surface area contributed by atoms with Crippen molar-refractivity contribution in [2.75, 3.05) is 20.2 Å². The second kappa shape index (κ2) is 9.12. The van der Waals surface area contributed by atoms with Gasteiger partial charge in [0.25, 0.3) is 5.91 Å². The van der Waals surface area contributed by atoms with Crippen LogP contribution < -0.4 is 10.5 Å². The molecule has 0 aliphatic carbocycles. The van der Waals surface area contributed by atoms with E-state index in [0.29, 0.717) is 31.0 Å². The third kappa shape index (κ3) is 5.23. The van der Waals surface area contributed by atoms with Crippen LogP contribution in [-0.2, 0) is 6.54 Å². The van der Waals surface area contributed by atoms with Gasteiger partial charge in [0.05, 0.1) is 12.2 Å². The van der Waals surface area contributed by atoms with Crippen molar-refractivity contribution in [2.45, 2.75) is 13.5 Å². The average molecular weight is 336 g/mol. The number of para-hydroxylation sites is 1. The first-order valence-electron chi connectivity index (χ1n) is 7.20. The topological polar surface area (TPSA) is 68.5 Å². The van der Waals surface area contributed by atoms with Crippen molar-refractivity contribution in [3.63, 3.8) is 0 Å². The Balaban J connectivity index is 0.00000264. The van der Waals surface area contributed by atoms with Crippen LogP contribution in [0.15, 0.2) is 42.6 Å². The van der Waals surface area contributed by atoms with Gasteiger partial charge in [0.15, 0.2) is 0 Å². The predicted molar refractivity (Wildman–Crippen MR) is 93.0 cm³/mol. The molecule has 0 aliphatic rings. The number of rotatable bonds is 6. The van der Waals surface area contributed by atoms with Crippen molar-refractivity contribution in [2.24, 2.45) is 5.73 Å². The number of likely N-dealkylation sites (N-methyl/N-ethyl adjacent to an activating group) is 1. The van der Waals surface area contributed by atoms with Crippen LogP contribution in [-0.4, -0.2) is 36.0 Å². The third-order valence-electron chi connectivity index (χ3n) is 3.40. The van der Waals surface area contributed by atoms with Gasteiger partial charge in [-0.3, -0.25) is 9.78 Å². The minimum atomic E-state index is -0.0644. The highest BCUT2D eigenvalue weighted by Crippen LogP contribution is 2.16. The summed E-state index contributed by atoms with van der Waals surface area (Å²) in [5.74, 6) is 0.781. The number of hydrogen-bond donors (Lipinski definition) is 1. The molecule has 1 amide bonds. The Morgan fingerprint density at radius 2 is 2.04 bits per heavy atom. The predicted octanol–water partition coefficient (Wildman–Crippen LogP) is 2.42. The Labute approximate surface area is 142 Å². The van der Waals surface area contributed by atoms with Gasteiger partial charge in [0, 0.05) is 25.4 Å². The number of carbonyl (C=O) groups excluding carboxylic acids is 1. The van der Waals surface area contributed by atoms with Gasteiger partial charge >= 0.3 is 0 Å². The average Bonchev–Trinajstić information content (AvgIpc) is 2.55. The number of hydrogen-bond acceptors (Lipinski definition) is 4. The van der Waals surface area contributed by atoms with E-state index in [2.05, 4.69) is 4.98 Å². The normalized spacial score (nSPS) is 9.87. The first-order valence-corrected chi connectivity index (χ1v) is 7.20. The molecule has 0 spiro atoms. The van der Waals surface area contributed by atoms with Gasteiger partial charge in [-0.1, -0.05) is 18.2 Å². The van der Waals surface area contributed by atoms with E-state index in [1.807, 2.05) is 31.2 Å². The van der Waals surface area contributed by atoms with Crippen LogP contribution in [0.25, 0.3) is 0 Å². The Hall–Kier alpha value is -2.11. The summed E-state index contributed by atoms with van der Waals surface area (Å²) >= 11 is 0. The second-order valence-corrected chi connectivity index (χ2v) is 5.08. The summed E-state index contributed by atoms with van der Waals surface area (Å²) in [6.07, 6.45) is 1.60. The largest absolute Gasteiger partial charge is 0.491 e. The Bertz CT molecular complexity index is 649. The zero-order chi connectivity index (χ0) is 15.9. The summed E-state index contributed by atoms with van der Waals surface area (Å²) in [6, 6.07) is 11.2. The van der Waals surface area contributed by atoms with E-state index in [1.54, 1.807) is 30.3 Å². The molecular weight excluding hydrogens is 314 g/mol. The molecule has 6 heteroatoms. The quantitative estimate of drug-likeness (QED) is 0.880. The smallest absolute Gasteiger partial charge is 0.253 e. The van der Waals surface area contributed by atoms with E-state index in [-0.39, 0.29) is 18.3 Å². The van der Waals surface area contributed by atoms with Crippen LogP contribution in [0.3, 0.4) is 0 Å². The van der Waals surface area contributed by atoms with Gasteiger partial charge < -0.3 is 15.4 Å². The number of ether oxygens (including phenoxy) is 1. The van der Waals surface area contributed by atoms with E-state index in [9.17, 15) is 4.79 Å². The monoisotopic (exact) mass is 335 g/mol. The number of aromatic nitrogens is 1. The van der Waals surface area contributed by atoms with Crippen LogP contribution >= 0.6 is 12.4 Å². The fraction of sp³-hybridized carbons (Fsp3) is 0.294. The number of nitrogens with zero attached hydrogens (tertiary/aromatic N) is 2. The maximum Gasteiger partial charge on any atom is 0.253 e. The number of halogens is 1. The second-order valence-electron chi connectivity index (χ2n) is 5.08. The number of pyridine rings is 1. The molecule has 0 saturated carbocycles. The molecule has 1 heterocycles. The molecule has 2 aromatic rings. The maximum atomic E-state index is 12.3. The van der Waals surface area contributed by atoms with Gasteiger partial charge in [0.1, 0.15) is 12.4 Å². The third-order valence-corrected chi connectivity index (χ3v) is 3.40. The maximum absolute atomic E-state index is 12.3. The first kappa shape index (κ1) is 18.9. The lowest BCUT2D eigenvalue weighted by Gasteiger charge is -2.18.